The predicted molar refractivity (Wildman–Crippen MR) is 173 cm³/mol. The number of ether oxygens (including phenoxy) is 1. The Morgan fingerprint density at radius 3 is 2.30 bits per heavy atom. The second-order valence-corrected chi connectivity index (χ2v) is 12.3. The molecule has 4 aromatic carbocycles. The van der Waals surface area contributed by atoms with Gasteiger partial charge < -0.3 is 10.1 Å². The zero-order valence-electron chi connectivity index (χ0n) is 24.4. The molecule has 0 bridgehead atoms. The van der Waals surface area contributed by atoms with Crippen molar-refractivity contribution in [2.24, 2.45) is 5.10 Å². The SMILES string of the molecule is Cc1ccc(S(=O)(=O)N(CC(=O)N/N=C\c2ccc(OCC(=O)NCCc3ccccc3)cc2)c2ccc(Cl)cc2C)cc1. The number of nitrogens with zero attached hydrogens (tertiary/aromatic N) is 2. The first-order chi connectivity index (χ1) is 21.1. The van der Waals surface area contributed by atoms with Crippen LogP contribution in [0.4, 0.5) is 5.69 Å². The van der Waals surface area contributed by atoms with Crippen LogP contribution in [0.15, 0.2) is 107 Å². The van der Waals surface area contributed by atoms with Crippen LogP contribution >= 0.6 is 11.6 Å². The molecule has 2 N–H and O–H groups in total. The third-order valence-electron chi connectivity index (χ3n) is 6.56. The van der Waals surface area contributed by atoms with Crippen LogP contribution in [0.1, 0.15) is 22.3 Å². The Bertz CT molecular complexity index is 1710. The van der Waals surface area contributed by atoms with Crippen molar-refractivity contribution in [3.8, 4) is 5.75 Å². The van der Waals surface area contributed by atoms with Gasteiger partial charge in [0, 0.05) is 11.6 Å². The number of benzene rings is 4. The van der Waals surface area contributed by atoms with Crippen molar-refractivity contribution in [3.05, 3.63) is 124 Å². The summed E-state index contributed by atoms with van der Waals surface area (Å²) in [5.74, 6) is -0.356. The zero-order chi connectivity index (χ0) is 31.5. The topological polar surface area (TPSA) is 117 Å². The van der Waals surface area contributed by atoms with Gasteiger partial charge in [0.1, 0.15) is 12.3 Å². The number of anilines is 1. The van der Waals surface area contributed by atoms with Crippen molar-refractivity contribution < 1.29 is 22.7 Å². The van der Waals surface area contributed by atoms with E-state index in [9.17, 15) is 18.0 Å². The first-order valence-electron chi connectivity index (χ1n) is 13.8. The van der Waals surface area contributed by atoms with Crippen LogP contribution in [0.25, 0.3) is 0 Å². The van der Waals surface area contributed by atoms with Crippen LogP contribution in [-0.2, 0) is 26.0 Å². The molecular formula is C33H33ClN4O5S. The van der Waals surface area contributed by atoms with Crippen molar-refractivity contribution in [2.45, 2.75) is 25.2 Å². The van der Waals surface area contributed by atoms with E-state index < -0.39 is 22.5 Å². The molecule has 0 heterocycles. The van der Waals surface area contributed by atoms with Gasteiger partial charge in [0.25, 0.3) is 21.8 Å². The van der Waals surface area contributed by atoms with Crippen LogP contribution in [0.3, 0.4) is 0 Å². The van der Waals surface area contributed by atoms with E-state index in [0.717, 1.165) is 21.9 Å². The summed E-state index contributed by atoms with van der Waals surface area (Å²) in [5.41, 5.74) is 6.02. The van der Waals surface area contributed by atoms with Gasteiger partial charge in [-0.2, -0.15) is 5.10 Å². The molecule has 0 atom stereocenters. The van der Waals surface area contributed by atoms with Crippen molar-refractivity contribution in [1.82, 2.24) is 10.7 Å². The number of rotatable bonds is 13. The number of nitrogens with one attached hydrogen (secondary N) is 2. The molecule has 0 aromatic heterocycles. The number of hydrazone groups is 1. The Labute approximate surface area is 262 Å². The van der Waals surface area contributed by atoms with E-state index >= 15 is 0 Å². The van der Waals surface area contributed by atoms with Crippen LogP contribution in [0, 0.1) is 13.8 Å². The molecule has 228 valence electrons. The van der Waals surface area contributed by atoms with E-state index in [4.69, 9.17) is 16.3 Å². The average molecular weight is 633 g/mol. The molecule has 0 aliphatic rings. The monoisotopic (exact) mass is 632 g/mol. The molecule has 11 heteroatoms. The highest BCUT2D eigenvalue weighted by atomic mass is 35.5. The van der Waals surface area contributed by atoms with E-state index in [0.29, 0.717) is 34.1 Å². The maximum absolute atomic E-state index is 13.6. The lowest BCUT2D eigenvalue weighted by atomic mass is 10.1. The molecule has 0 spiro atoms. The lowest BCUT2D eigenvalue weighted by molar-refractivity contribution is -0.123. The molecule has 0 saturated carbocycles. The largest absolute Gasteiger partial charge is 0.484 e. The first kappa shape index (κ1) is 32.2. The fraction of sp³-hybridized carbons (Fsp3) is 0.182. The molecule has 4 rings (SSSR count). The summed E-state index contributed by atoms with van der Waals surface area (Å²) >= 11 is 6.09. The molecule has 0 radical (unpaired) electrons. The minimum absolute atomic E-state index is 0.0562. The Morgan fingerprint density at radius 1 is 0.909 bits per heavy atom. The fourth-order valence-corrected chi connectivity index (χ4v) is 5.93. The van der Waals surface area contributed by atoms with Gasteiger partial charge in [-0.15, -0.1) is 0 Å². The molecule has 4 aromatic rings. The van der Waals surface area contributed by atoms with Gasteiger partial charge in [-0.25, -0.2) is 13.8 Å². The molecule has 0 aliphatic heterocycles. The fourth-order valence-electron chi connectivity index (χ4n) is 4.22. The summed E-state index contributed by atoms with van der Waals surface area (Å²) in [6.07, 6.45) is 2.16. The quantitative estimate of drug-likeness (QED) is 0.158. The van der Waals surface area contributed by atoms with Crippen molar-refractivity contribution in [1.29, 1.82) is 0 Å². The van der Waals surface area contributed by atoms with Crippen LogP contribution < -0.4 is 19.8 Å². The third kappa shape index (κ3) is 9.16. The zero-order valence-corrected chi connectivity index (χ0v) is 25.9. The van der Waals surface area contributed by atoms with Crippen LogP contribution in [0.5, 0.6) is 5.75 Å². The summed E-state index contributed by atoms with van der Waals surface area (Å²) in [4.78, 5) is 25.0. The smallest absolute Gasteiger partial charge is 0.264 e. The number of hydrogen-bond donors (Lipinski definition) is 2. The first-order valence-corrected chi connectivity index (χ1v) is 15.6. The number of halogens is 1. The van der Waals surface area contributed by atoms with E-state index in [1.807, 2.05) is 37.3 Å². The van der Waals surface area contributed by atoms with Gasteiger partial charge in [0.05, 0.1) is 16.8 Å². The van der Waals surface area contributed by atoms with Crippen LogP contribution in [0.2, 0.25) is 5.02 Å². The second kappa shape index (κ2) is 15.2. The summed E-state index contributed by atoms with van der Waals surface area (Å²) in [5, 5.41) is 7.26. The highest BCUT2D eigenvalue weighted by Gasteiger charge is 2.28. The highest BCUT2D eigenvalue weighted by molar-refractivity contribution is 7.92. The van der Waals surface area contributed by atoms with Gasteiger partial charge >= 0.3 is 0 Å². The second-order valence-electron chi connectivity index (χ2n) is 9.99. The number of carbonyl (C=O) groups is 2. The third-order valence-corrected chi connectivity index (χ3v) is 8.56. The molecule has 9 nitrogen and oxygen atoms in total. The minimum Gasteiger partial charge on any atom is -0.484 e. The van der Waals surface area contributed by atoms with E-state index in [1.54, 1.807) is 61.5 Å². The van der Waals surface area contributed by atoms with Gasteiger partial charge in [-0.3, -0.25) is 13.9 Å². The molecule has 0 fully saturated rings. The van der Waals surface area contributed by atoms with Gasteiger partial charge in [-0.1, -0.05) is 59.6 Å². The van der Waals surface area contributed by atoms with E-state index in [2.05, 4.69) is 15.8 Å². The molecule has 0 saturated heterocycles. The number of aryl methyl sites for hydroxylation is 2. The normalized spacial score (nSPS) is 11.2. The van der Waals surface area contributed by atoms with Gasteiger partial charge in [0.15, 0.2) is 6.61 Å². The summed E-state index contributed by atoms with van der Waals surface area (Å²) < 4.78 is 33.8. The van der Waals surface area contributed by atoms with Crippen molar-refractivity contribution >= 4 is 45.3 Å². The van der Waals surface area contributed by atoms with Gasteiger partial charge in [-0.05, 0) is 91.6 Å². The number of sulfonamides is 1. The number of carbonyl (C=O) groups excluding carboxylic acids is 2. The van der Waals surface area contributed by atoms with Crippen LogP contribution in [-0.4, -0.2) is 46.1 Å². The maximum Gasteiger partial charge on any atom is 0.264 e. The standard InChI is InChI=1S/C33H33ClN4O5S/c1-24-8-15-30(16-9-24)44(41,42)38(31-17-12-28(34)20-25(31)2)22-32(39)37-36-21-27-10-13-29(14-11-27)43-23-33(40)35-19-18-26-6-4-3-5-7-26/h3-17,20-21H,18-19,22-23H2,1-2H3,(H,35,40)(H,37,39)/b36-21-. The summed E-state index contributed by atoms with van der Waals surface area (Å²) in [6.45, 7) is 3.48. The predicted octanol–water partition coefficient (Wildman–Crippen LogP) is 5.04. The lowest BCUT2D eigenvalue weighted by Crippen LogP contribution is -2.40. The summed E-state index contributed by atoms with van der Waals surface area (Å²) in [6, 6.07) is 27.8. The Kier molecular flexibility index (Phi) is 11.1. The van der Waals surface area contributed by atoms with Gasteiger partial charge in [0.2, 0.25) is 0 Å². The lowest BCUT2D eigenvalue weighted by Gasteiger charge is -2.25. The molecule has 0 unspecified atom stereocenters. The molecule has 2 amide bonds. The van der Waals surface area contributed by atoms with Crippen molar-refractivity contribution in [3.63, 3.8) is 0 Å². The van der Waals surface area contributed by atoms with Crippen molar-refractivity contribution in [2.75, 3.05) is 24.0 Å². The number of hydrogen-bond acceptors (Lipinski definition) is 6. The summed E-state index contributed by atoms with van der Waals surface area (Å²) in [7, 11) is -4.08. The Hall–Kier alpha value is -4.67. The van der Waals surface area contributed by atoms with E-state index in [-0.39, 0.29) is 17.4 Å². The van der Waals surface area contributed by atoms with E-state index in [1.165, 1.54) is 18.3 Å². The Morgan fingerprint density at radius 2 is 1.61 bits per heavy atom. The molecule has 0 aliphatic carbocycles. The Balaban J connectivity index is 1.32. The molecule has 44 heavy (non-hydrogen) atoms. The number of amides is 2. The highest BCUT2D eigenvalue weighted by Crippen LogP contribution is 2.29. The minimum atomic E-state index is -4.08. The molecular weight excluding hydrogens is 600 g/mol. The maximum atomic E-state index is 13.6. The average Bonchev–Trinajstić information content (AvgIpc) is 3.00.